The number of hydrogen-bond donors (Lipinski definition) is 2. The molecule has 1 aromatic carbocycles. The van der Waals surface area contributed by atoms with Gasteiger partial charge in [-0.05, 0) is 24.1 Å². The van der Waals surface area contributed by atoms with Gasteiger partial charge in [0.25, 0.3) is 0 Å². The van der Waals surface area contributed by atoms with Gasteiger partial charge in [-0.3, -0.25) is 9.59 Å². The van der Waals surface area contributed by atoms with Gasteiger partial charge in [0.15, 0.2) is 5.17 Å². The van der Waals surface area contributed by atoms with E-state index in [0.717, 1.165) is 36.0 Å². The Kier molecular flexibility index (Phi) is 6.79. The van der Waals surface area contributed by atoms with Gasteiger partial charge in [-0.1, -0.05) is 23.9 Å². The van der Waals surface area contributed by atoms with Crippen molar-refractivity contribution < 1.29 is 19.4 Å². The molecule has 1 aliphatic heterocycles. The molecule has 2 heterocycles. The molecule has 2 aromatic rings. The molecule has 0 spiro atoms. The fraction of sp³-hybridized carbons (Fsp3) is 0.278. The van der Waals surface area contributed by atoms with Crippen LogP contribution in [0.4, 0.5) is 0 Å². The zero-order valence-corrected chi connectivity index (χ0v) is 15.7. The number of aliphatic carboxylic acids is 1. The molecule has 1 atom stereocenters. The molecular formula is C18H19N5O4S. The van der Waals surface area contributed by atoms with Crippen molar-refractivity contribution in [3.8, 4) is 5.75 Å². The van der Waals surface area contributed by atoms with Gasteiger partial charge in [0.2, 0.25) is 5.91 Å². The molecule has 10 heteroatoms. The molecule has 0 bridgehead atoms. The van der Waals surface area contributed by atoms with E-state index in [-0.39, 0.29) is 12.3 Å². The first kappa shape index (κ1) is 19.6. The monoisotopic (exact) mass is 401 g/mol. The summed E-state index contributed by atoms with van der Waals surface area (Å²) in [5.74, 6) is -0.668. The van der Waals surface area contributed by atoms with Gasteiger partial charge >= 0.3 is 5.97 Å². The van der Waals surface area contributed by atoms with Crippen LogP contribution in [0.25, 0.3) is 0 Å². The highest BCUT2D eigenvalue weighted by Gasteiger charge is 2.32. The molecule has 9 nitrogen and oxygen atoms in total. The minimum Gasteiger partial charge on any atom is -0.494 e. The Morgan fingerprint density at radius 3 is 3.14 bits per heavy atom. The molecule has 1 unspecified atom stereocenters. The molecule has 1 fully saturated rings. The van der Waals surface area contributed by atoms with Gasteiger partial charge < -0.3 is 19.7 Å². The zero-order chi connectivity index (χ0) is 19.8. The van der Waals surface area contributed by atoms with Crippen molar-refractivity contribution in [2.75, 3.05) is 6.61 Å². The first-order valence-corrected chi connectivity index (χ1v) is 9.47. The maximum absolute atomic E-state index is 11.6. The second kappa shape index (κ2) is 9.70. The van der Waals surface area contributed by atoms with E-state index in [9.17, 15) is 9.59 Å². The van der Waals surface area contributed by atoms with E-state index >= 15 is 0 Å². The first-order chi connectivity index (χ1) is 13.6. The number of hydrogen-bond acceptors (Lipinski definition) is 7. The number of rotatable bonds is 9. The van der Waals surface area contributed by atoms with Gasteiger partial charge in [0.1, 0.15) is 11.0 Å². The standard InChI is InChI=1S/C18H19N5O4S/c24-16(25)10-15-17(26)21-18(28-15)22-20-11-13-3-1-4-14(9-13)27-8-2-6-23-7-5-19-12-23/h1,3-5,7,9,11-12,15H,2,6,8,10H2,(H,24,25)(H,21,22,26). The summed E-state index contributed by atoms with van der Waals surface area (Å²) in [7, 11) is 0. The number of nitrogens with one attached hydrogen (secondary N) is 1. The number of amidine groups is 1. The van der Waals surface area contributed by atoms with Crippen molar-refractivity contribution in [1.82, 2.24) is 14.9 Å². The molecular weight excluding hydrogens is 382 g/mol. The predicted molar refractivity (Wildman–Crippen MR) is 106 cm³/mol. The molecule has 0 saturated carbocycles. The van der Waals surface area contributed by atoms with Crippen molar-refractivity contribution in [2.24, 2.45) is 10.2 Å². The summed E-state index contributed by atoms with van der Waals surface area (Å²) in [6.07, 6.45) is 7.58. The van der Waals surface area contributed by atoms with Gasteiger partial charge in [0, 0.05) is 18.9 Å². The predicted octanol–water partition coefficient (Wildman–Crippen LogP) is 1.75. The van der Waals surface area contributed by atoms with Gasteiger partial charge in [-0.2, -0.15) is 5.10 Å². The van der Waals surface area contributed by atoms with E-state index in [4.69, 9.17) is 9.84 Å². The van der Waals surface area contributed by atoms with Crippen LogP contribution in [-0.4, -0.2) is 49.8 Å². The number of carboxylic acids is 1. The second-order valence-corrected chi connectivity index (χ2v) is 7.11. The van der Waals surface area contributed by atoms with Crippen LogP contribution < -0.4 is 10.1 Å². The molecule has 3 rings (SSSR count). The van der Waals surface area contributed by atoms with Crippen molar-refractivity contribution in [3.05, 3.63) is 48.5 Å². The second-order valence-electron chi connectivity index (χ2n) is 5.92. The van der Waals surface area contributed by atoms with Crippen LogP contribution in [0.3, 0.4) is 0 Å². The lowest BCUT2D eigenvalue weighted by atomic mass is 10.2. The number of thioether (sulfide) groups is 1. The average Bonchev–Trinajstić information content (AvgIpc) is 3.29. The smallest absolute Gasteiger partial charge is 0.305 e. The molecule has 146 valence electrons. The maximum atomic E-state index is 11.6. The van der Waals surface area contributed by atoms with Crippen LogP contribution in [0, 0.1) is 0 Å². The summed E-state index contributed by atoms with van der Waals surface area (Å²) in [5, 5.41) is 18.8. The third-order valence-corrected chi connectivity index (χ3v) is 4.81. The van der Waals surface area contributed by atoms with Crippen molar-refractivity contribution in [3.63, 3.8) is 0 Å². The normalized spacial score (nSPS) is 17.9. The van der Waals surface area contributed by atoms with E-state index in [1.165, 1.54) is 0 Å². The number of benzene rings is 1. The van der Waals surface area contributed by atoms with Crippen LogP contribution in [0.1, 0.15) is 18.4 Å². The SMILES string of the molecule is O=C(O)CC1SC(=NN=Cc2cccc(OCCCn3ccnc3)c2)NC1=O. The van der Waals surface area contributed by atoms with E-state index in [1.54, 1.807) is 18.7 Å². The summed E-state index contributed by atoms with van der Waals surface area (Å²) >= 11 is 1.06. The topological polar surface area (TPSA) is 118 Å². The van der Waals surface area contributed by atoms with Crippen molar-refractivity contribution in [2.45, 2.75) is 24.6 Å². The molecule has 1 aromatic heterocycles. The average molecular weight is 401 g/mol. The molecule has 1 amide bonds. The Balaban J connectivity index is 1.48. The number of imidazole rings is 1. The third-order valence-electron chi connectivity index (χ3n) is 3.74. The number of ether oxygens (including phenoxy) is 1. The third kappa shape index (κ3) is 5.95. The van der Waals surface area contributed by atoms with Crippen LogP contribution in [0.5, 0.6) is 5.75 Å². The molecule has 1 aliphatic rings. The number of carbonyl (C=O) groups is 2. The summed E-state index contributed by atoms with van der Waals surface area (Å²) in [4.78, 5) is 26.4. The Hall–Kier alpha value is -3.14. The highest BCUT2D eigenvalue weighted by molar-refractivity contribution is 8.15. The summed E-state index contributed by atoms with van der Waals surface area (Å²) < 4.78 is 7.73. The lowest BCUT2D eigenvalue weighted by Gasteiger charge is -2.07. The van der Waals surface area contributed by atoms with Crippen LogP contribution in [0.2, 0.25) is 0 Å². The molecule has 1 saturated heterocycles. The fourth-order valence-corrected chi connectivity index (χ4v) is 3.35. The van der Waals surface area contributed by atoms with Gasteiger partial charge in [0.05, 0.1) is 25.6 Å². The minimum absolute atomic E-state index is 0.251. The number of nitrogens with zero attached hydrogens (tertiary/aromatic N) is 4. The lowest BCUT2D eigenvalue weighted by Crippen LogP contribution is -2.26. The number of aromatic nitrogens is 2. The molecule has 0 aliphatic carbocycles. The Morgan fingerprint density at radius 1 is 1.46 bits per heavy atom. The van der Waals surface area contributed by atoms with Crippen LogP contribution in [0.15, 0.2) is 53.2 Å². The lowest BCUT2D eigenvalue weighted by molar-refractivity contribution is -0.138. The van der Waals surface area contributed by atoms with Gasteiger partial charge in [-0.25, -0.2) is 4.98 Å². The molecule has 2 N–H and O–H groups in total. The van der Waals surface area contributed by atoms with E-state index in [0.29, 0.717) is 11.8 Å². The summed E-state index contributed by atoms with van der Waals surface area (Å²) in [6, 6.07) is 7.42. The van der Waals surface area contributed by atoms with Gasteiger partial charge in [-0.15, -0.1) is 5.10 Å². The Labute approximate surface area is 165 Å². The summed E-state index contributed by atoms with van der Waals surface area (Å²) in [6.45, 7) is 1.42. The highest BCUT2D eigenvalue weighted by atomic mass is 32.2. The number of carbonyl (C=O) groups excluding carboxylic acids is 1. The molecule has 0 radical (unpaired) electrons. The van der Waals surface area contributed by atoms with E-state index in [1.807, 2.05) is 35.0 Å². The van der Waals surface area contributed by atoms with Crippen LogP contribution in [-0.2, 0) is 16.1 Å². The Morgan fingerprint density at radius 2 is 2.36 bits per heavy atom. The quantitative estimate of drug-likeness (QED) is 0.375. The maximum Gasteiger partial charge on any atom is 0.305 e. The van der Waals surface area contributed by atoms with Crippen molar-refractivity contribution in [1.29, 1.82) is 0 Å². The number of carboxylic acid groups (broad SMARTS) is 1. The van der Waals surface area contributed by atoms with E-state index < -0.39 is 11.2 Å². The summed E-state index contributed by atoms with van der Waals surface area (Å²) in [5.41, 5.74) is 0.799. The minimum atomic E-state index is -1.03. The first-order valence-electron chi connectivity index (χ1n) is 8.59. The molecule has 28 heavy (non-hydrogen) atoms. The highest BCUT2D eigenvalue weighted by Crippen LogP contribution is 2.22. The largest absolute Gasteiger partial charge is 0.494 e. The van der Waals surface area contributed by atoms with E-state index in [2.05, 4.69) is 20.5 Å². The number of aryl methyl sites for hydroxylation is 1. The fourth-order valence-electron chi connectivity index (χ4n) is 2.43. The van der Waals surface area contributed by atoms with Crippen LogP contribution >= 0.6 is 11.8 Å². The van der Waals surface area contributed by atoms with Crippen molar-refractivity contribution >= 4 is 35.0 Å². The zero-order valence-electron chi connectivity index (χ0n) is 14.9. The number of amides is 1. The Bertz CT molecular complexity index is 882.